The first-order valence-electron chi connectivity index (χ1n) is 13.2. The van der Waals surface area contributed by atoms with E-state index in [-0.39, 0.29) is 22.7 Å². The lowest BCUT2D eigenvalue weighted by Gasteiger charge is -2.48. The van der Waals surface area contributed by atoms with Gasteiger partial charge in [0.15, 0.2) is 0 Å². The van der Waals surface area contributed by atoms with Crippen LogP contribution >= 0.6 is 35.0 Å². The Hall–Kier alpha value is -1.99. The van der Waals surface area contributed by atoms with Gasteiger partial charge in [-0.3, -0.25) is 4.79 Å². The first-order chi connectivity index (χ1) is 18.1. The Morgan fingerprint density at radius 1 is 1.08 bits per heavy atom. The van der Waals surface area contributed by atoms with Crippen LogP contribution < -0.4 is 0 Å². The van der Waals surface area contributed by atoms with Crippen molar-refractivity contribution in [3.63, 3.8) is 0 Å². The number of aromatic nitrogens is 2. The van der Waals surface area contributed by atoms with E-state index in [0.29, 0.717) is 22.4 Å². The maximum atomic E-state index is 14.5. The molecular weight excluding hydrogens is 537 g/mol. The van der Waals surface area contributed by atoms with Gasteiger partial charge >= 0.3 is 0 Å². The molecule has 38 heavy (non-hydrogen) atoms. The zero-order chi connectivity index (χ0) is 27.0. The van der Waals surface area contributed by atoms with Gasteiger partial charge in [0, 0.05) is 52.4 Å². The van der Waals surface area contributed by atoms with E-state index in [1.54, 1.807) is 6.20 Å². The van der Waals surface area contributed by atoms with Gasteiger partial charge in [0.2, 0.25) is 0 Å². The van der Waals surface area contributed by atoms with E-state index in [9.17, 15) is 4.79 Å². The lowest BCUT2D eigenvalue weighted by atomic mass is 9.89. The fraction of sp³-hybridized carbons (Fsp3) is 0.467. The average molecular weight is 573 g/mol. The number of hydrogen-bond acceptors (Lipinski definition) is 4. The van der Waals surface area contributed by atoms with Gasteiger partial charge in [-0.25, -0.2) is 4.98 Å². The first kappa shape index (κ1) is 27.6. The molecule has 0 spiro atoms. The van der Waals surface area contributed by atoms with E-state index in [0.717, 1.165) is 35.5 Å². The summed E-state index contributed by atoms with van der Waals surface area (Å²) in [6.45, 7) is 6.70. The van der Waals surface area contributed by atoms with Crippen LogP contribution in [-0.4, -0.2) is 43.0 Å². The third-order valence-electron chi connectivity index (χ3n) is 7.32. The van der Waals surface area contributed by atoms with Gasteiger partial charge in [-0.15, -0.1) is 0 Å². The van der Waals surface area contributed by atoms with E-state index in [1.165, 1.54) is 0 Å². The minimum atomic E-state index is -0.649. The molecule has 4 unspecified atom stereocenters. The molecular formula is C30H35Cl2N3O2S. The fourth-order valence-electron chi connectivity index (χ4n) is 5.22. The van der Waals surface area contributed by atoms with E-state index < -0.39 is 12.2 Å². The average Bonchev–Trinajstić information content (AvgIpc) is 3.63. The van der Waals surface area contributed by atoms with Crippen LogP contribution in [0, 0.1) is 5.92 Å². The molecule has 5 rings (SSSR count). The summed E-state index contributed by atoms with van der Waals surface area (Å²) in [6, 6.07) is 15.4. The molecule has 2 aliphatic rings. The Kier molecular flexibility index (Phi) is 8.16. The number of ether oxygens (including phenoxy) is 1. The van der Waals surface area contributed by atoms with Gasteiger partial charge in [0.25, 0.3) is 5.91 Å². The number of rotatable bonds is 8. The molecule has 202 valence electrons. The molecule has 2 fully saturated rings. The van der Waals surface area contributed by atoms with Gasteiger partial charge in [-0.05, 0) is 54.2 Å². The van der Waals surface area contributed by atoms with E-state index in [1.807, 2.05) is 78.1 Å². The van der Waals surface area contributed by atoms with Crippen molar-refractivity contribution in [3.8, 4) is 0 Å². The minimum absolute atomic E-state index is 0.0256. The van der Waals surface area contributed by atoms with Crippen molar-refractivity contribution in [3.05, 3.63) is 87.9 Å². The van der Waals surface area contributed by atoms with E-state index in [2.05, 4.69) is 30.7 Å². The lowest BCUT2D eigenvalue weighted by molar-refractivity contribution is -0.179. The van der Waals surface area contributed by atoms with Crippen LogP contribution in [-0.2, 0) is 23.0 Å². The quantitative estimate of drug-likeness (QED) is 0.285. The lowest BCUT2D eigenvalue weighted by Crippen LogP contribution is -2.57. The Balaban J connectivity index is 1.62. The van der Waals surface area contributed by atoms with Crippen molar-refractivity contribution in [2.75, 3.05) is 5.75 Å². The maximum Gasteiger partial charge on any atom is 0.253 e. The molecule has 1 saturated heterocycles. The van der Waals surface area contributed by atoms with Crippen molar-refractivity contribution in [1.82, 2.24) is 14.5 Å². The smallest absolute Gasteiger partial charge is 0.253 e. The van der Waals surface area contributed by atoms with Crippen LogP contribution in [0.25, 0.3) is 0 Å². The number of nitrogens with zero attached hydrogens (tertiary/aromatic N) is 3. The molecule has 0 bridgehead atoms. The van der Waals surface area contributed by atoms with Crippen LogP contribution in [0.1, 0.15) is 62.7 Å². The van der Waals surface area contributed by atoms with Gasteiger partial charge in [-0.2, -0.15) is 11.8 Å². The first-order valence-corrected chi connectivity index (χ1v) is 14.9. The predicted octanol–water partition coefficient (Wildman–Crippen LogP) is 7.29. The van der Waals surface area contributed by atoms with Gasteiger partial charge < -0.3 is 14.2 Å². The van der Waals surface area contributed by atoms with Crippen molar-refractivity contribution >= 4 is 40.9 Å². The molecule has 8 heteroatoms. The van der Waals surface area contributed by atoms with Crippen LogP contribution in [0.5, 0.6) is 0 Å². The summed E-state index contributed by atoms with van der Waals surface area (Å²) >= 11 is 14.7. The number of morpholine rings is 1. The van der Waals surface area contributed by atoms with Crippen LogP contribution in [0.3, 0.4) is 0 Å². The Morgan fingerprint density at radius 2 is 1.82 bits per heavy atom. The molecule has 1 amide bonds. The van der Waals surface area contributed by atoms with E-state index in [4.69, 9.17) is 27.9 Å². The van der Waals surface area contributed by atoms with Crippen molar-refractivity contribution in [1.29, 1.82) is 0 Å². The number of amides is 1. The summed E-state index contributed by atoms with van der Waals surface area (Å²) in [5.41, 5.74) is 1.97. The molecule has 1 aliphatic heterocycles. The third kappa shape index (κ3) is 6.25. The molecule has 2 heterocycles. The number of hydrogen-bond donors (Lipinski definition) is 0. The molecule has 3 aromatic rings. The van der Waals surface area contributed by atoms with Crippen molar-refractivity contribution in [2.45, 2.75) is 69.1 Å². The molecule has 1 aromatic heterocycles. The number of carbonyl (C=O) groups excluding carboxylic acids is 1. The molecule has 0 radical (unpaired) electrons. The van der Waals surface area contributed by atoms with Crippen molar-refractivity contribution in [2.24, 2.45) is 13.0 Å². The number of thioether (sulfide) groups is 1. The van der Waals surface area contributed by atoms with Gasteiger partial charge in [0.1, 0.15) is 18.0 Å². The highest BCUT2D eigenvalue weighted by atomic mass is 35.5. The Bertz CT molecular complexity index is 1270. The SMILES string of the molecule is Cn1ccnc1CC1OC(c2cccc(Cl)c2)C(c2ccc(Cl)cc2)N(C(CSC(C)(C)C)C2CC2)C1=O. The number of carbonyl (C=O) groups is 1. The molecule has 1 aliphatic carbocycles. The monoisotopic (exact) mass is 571 g/mol. The third-order valence-corrected chi connectivity index (χ3v) is 9.18. The van der Waals surface area contributed by atoms with Crippen LogP contribution in [0.15, 0.2) is 60.9 Å². The summed E-state index contributed by atoms with van der Waals surface area (Å²) in [7, 11) is 1.95. The van der Waals surface area contributed by atoms with E-state index >= 15 is 0 Å². The number of benzene rings is 2. The molecule has 5 nitrogen and oxygen atoms in total. The largest absolute Gasteiger partial charge is 0.357 e. The molecule has 2 aromatic carbocycles. The second kappa shape index (κ2) is 11.2. The Labute approximate surface area is 239 Å². The van der Waals surface area contributed by atoms with Crippen LogP contribution in [0.4, 0.5) is 0 Å². The number of aryl methyl sites for hydroxylation is 1. The molecule has 4 atom stereocenters. The van der Waals surface area contributed by atoms with Crippen molar-refractivity contribution < 1.29 is 9.53 Å². The standard InChI is InChI=1S/C30H35Cl2N3O2S/c1-30(2,3)38-18-24(19-8-9-19)35-27(20-10-12-22(31)13-11-20)28(21-6-5-7-23(32)16-21)37-25(29(35)36)17-26-33-14-15-34(26)4/h5-7,10-16,19,24-25,27-28H,8-9,17-18H2,1-4H3. The molecule has 1 saturated carbocycles. The summed E-state index contributed by atoms with van der Waals surface area (Å²) in [4.78, 5) is 21.1. The maximum absolute atomic E-state index is 14.5. The predicted molar refractivity (Wildman–Crippen MR) is 156 cm³/mol. The summed E-state index contributed by atoms with van der Waals surface area (Å²) in [6.07, 6.45) is 5.31. The number of imidazole rings is 1. The highest BCUT2D eigenvalue weighted by Gasteiger charge is 2.50. The topological polar surface area (TPSA) is 47.4 Å². The second-order valence-corrected chi connectivity index (χ2v) is 14.0. The normalized spacial score (nSPS) is 23.1. The second-order valence-electron chi connectivity index (χ2n) is 11.3. The van der Waals surface area contributed by atoms with Crippen LogP contribution in [0.2, 0.25) is 10.0 Å². The molecule has 0 N–H and O–H groups in total. The van der Waals surface area contributed by atoms with Gasteiger partial charge in [0.05, 0.1) is 6.04 Å². The summed E-state index contributed by atoms with van der Waals surface area (Å²) in [5, 5.41) is 1.31. The number of halogens is 2. The summed E-state index contributed by atoms with van der Waals surface area (Å²) in [5.74, 6) is 2.21. The Morgan fingerprint density at radius 3 is 2.42 bits per heavy atom. The minimum Gasteiger partial charge on any atom is -0.357 e. The zero-order valence-corrected chi connectivity index (χ0v) is 24.6. The summed E-state index contributed by atoms with van der Waals surface area (Å²) < 4.78 is 8.80. The highest BCUT2D eigenvalue weighted by molar-refractivity contribution is 8.00. The fourth-order valence-corrected chi connectivity index (χ4v) is 6.65. The van der Waals surface area contributed by atoms with Gasteiger partial charge in [-0.1, -0.05) is 68.2 Å². The zero-order valence-electron chi connectivity index (χ0n) is 22.3. The highest BCUT2D eigenvalue weighted by Crippen LogP contribution is 2.49.